The van der Waals surface area contributed by atoms with Crippen molar-refractivity contribution in [3.8, 4) is 5.75 Å². The van der Waals surface area contributed by atoms with Crippen LogP contribution in [0.5, 0.6) is 5.75 Å². The zero-order valence-electron chi connectivity index (χ0n) is 13.4. The van der Waals surface area contributed by atoms with Gasteiger partial charge in [-0.2, -0.15) is 0 Å². The van der Waals surface area contributed by atoms with Crippen LogP contribution < -0.4 is 10.2 Å². The summed E-state index contributed by atoms with van der Waals surface area (Å²) in [4.78, 5) is 4.53. The van der Waals surface area contributed by atoms with Crippen molar-refractivity contribution in [2.45, 2.75) is 31.7 Å². The van der Waals surface area contributed by atoms with Gasteiger partial charge in [0, 0.05) is 32.2 Å². The Morgan fingerprint density at radius 2 is 1.87 bits per heavy atom. The summed E-state index contributed by atoms with van der Waals surface area (Å²) in [6.45, 7) is 3.63. The van der Waals surface area contributed by atoms with Crippen LogP contribution in [0.3, 0.4) is 0 Å². The Morgan fingerprint density at radius 3 is 2.52 bits per heavy atom. The van der Waals surface area contributed by atoms with Gasteiger partial charge in [0.2, 0.25) is 0 Å². The molecule has 1 aromatic rings. The molecule has 124 valence electrons. The van der Waals surface area contributed by atoms with Crippen molar-refractivity contribution in [2.75, 3.05) is 31.1 Å². The Labute approximate surface area is 143 Å². The van der Waals surface area contributed by atoms with Gasteiger partial charge in [-0.3, -0.25) is 0 Å². The van der Waals surface area contributed by atoms with Crippen LogP contribution in [0, 0.1) is 11.8 Å². The number of hydrogen-bond acceptors (Lipinski definition) is 3. The highest BCUT2D eigenvalue weighted by Crippen LogP contribution is 2.44. The van der Waals surface area contributed by atoms with E-state index in [0.717, 1.165) is 48.8 Å². The van der Waals surface area contributed by atoms with E-state index in [-0.39, 0.29) is 0 Å². The van der Waals surface area contributed by atoms with Crippen LogP contribution in [0.2, 0.25) is 0 Å². The molecule has 3 fully saturated rings. The minimum Gasteiger partial charge on any atom is -0.506 e. The number of fused-ring (bicyclic) bond motifs is 2. The fourth-order valence-corrected chi connectivity index (χ4v) is 4.89. The van der Waals surface area contributed by atoms with E-state index in [1.165, 1.54) is 25.7 Å². The number of nitrogens with one attached hydrogen (secondary N) is 1. The minimum atomic E-state index is 0.364. The molecule has 1 heterocycles. The molecular weight excluding hydrogens is 306 g/mol. The maximum absolute atomic E-state index is 9.99. The Bertz CT molecular complexity index is 585. The predicted molar refractivity (Wildman–Crippen MR) is 96.9 cm³/mol. The number of phenols is 1. The number of benzene rings is 1. The van der Waals surface area contributed by atoms with Crippen molar-refractivity contribution >= 4 is 23.0 Å². The molecule has 1 aromatic carbocycles. The molecule has 0 amide bonds. The first-order chi connectivity index (χ1) is 11.2. The lowest BCUT2D eigenvalue weighted by molar-refractivity contribution is 0.344. The van der Waals surface area contributed by atoms with E-state index in [9.17, 15) is 5.11 Å². The van der Waals surface area contributed by atoms with Crippen molar-refractivity contribution in [2.24, 2.45) is 11.8 Å². The highest BCUT2D eigenvalue weighted by molar-refractivity contribution is 7.80. The smallest absolute Gasteiger partial charge is 0.169 e. The number of rotatable bonds is 2. The lowest BCUT2D eigenvalue weighted by atomic mass is 9.95. The number of phenolic OH excluding ortho intramolecular Hbond substituents is 1. The van der Waals surface area contributed by atoms with Crippen molar-refractivity contribution in [3.05, 3.63) is 24.3 Å². The first-order valence-electron chi connectivity index (χ1n) is 8.79. The van der Waals surface area contributed by atoms with E-state index >= 15 is 0 Å². The maximum Gasteiger partial charge on any atom is 0.169 e. The largest absolute Gasteiger partial charge is 0.506 e. The van der Waals surface area contributed by atoms with Crippen molar-refractivity contribution < 1.29 is 5.11 Å². The van der Waals surface area contributed by atoms with Gasteiger partial charge in [-0.15, -0.1) is 0 Å². The van der Waals surface area contributed by atoms with Crippen LogP contribution >= 0.6 is 12.2 Å². The molecule has 23 heavy (non-hydrogen) atoms. The summed E-state index contributed by atoms with van der Waals surface area (Å²) in [6, 6.07) is 8.18. The summed E-state index contributed by atoms with van der Waals surface area (Å²) in [5, 5.41) is 14.6. The van der Waals surface area contributed by atoms with Crippen molar-refractivity contribution in [1.82, 2.24) is 10.2 Å². The molecule has 4 nitrogen and oxygen atoms in total. The molecule has 3 aliphatic rings. The van der Waals surface area contributed by atoms with Crippen LogP contribution in [0.1, 0.15) is 25.7 Å². The third kappa shape index (κ3) is 2.99. The molecule has 2 bridgehead atoms. The first-order valence-corrected chi connectivity index (χ1v) is 9.20. The lowest BCUT2D eigenvalue weighted by Crippen LogP contribution is -2.54. The number of anilines is 1. The van der Waals surface area contributed by atoms with Gasteiger partial charge >= 0.3 is 0 Å². The zero-order chi connectivity index (χ0) is 15.8. The van der Waals surface area contributed by atoms with Crippen LogP contribution in [-0.2, 0) is 0 Å². The number of piperazine rings is 1. The van der Waals surface area contributed by atoms with Crippen LogP contribution in [-0.4, -0.2) is 47.3 Å². The summed E-state index contributed by atoms with van der Waals surface area (Å²) >= 11 is 5.65. The Kier molecular flexibility index (Phi) is 4.05. The van der Waals surface area contributed by atoms with Gasteiger partial charge in [0.05, 0.1) is 5.69 Å². The number of para-hydroxylation sites is 2. The fraction of sp³-hybridized carbons (Fsp3) is 0.611. The molecule has 1 aliphatic heterocycles. The predicted octanol–water partition coefficient (Wildman–Crippen LogP) is 2.58. The first kappa shape index (κ1) is 15.1. The van der Waals surface area contributed by atoms with E-state index in [2.05, 4.69) is 15.1 Å². The molecule has 4 rings (SSSR count). The van der Waals surface area contributed by atoms with Crippen LogP contribution in [0.15, 0.2) is 24.3 Å². The molecule has 1 saturated heterocycles. The highest BCUT2D eigenvalue weighted by atomic mass is 32.1. The van der Waals surface area contributed by atoms with E-state index in [4.69, 9.17) is 12.2 Å². The molecule has 2 N–H and O–H groups in total. The normalized spacial score (nSPS) is 29.8. The molecule has 2 saturated carbocycles. The van der Waals surface area contributed by atoms with Gasteiger partial charge < -0.3 is 20.2 Å². The summed E-state index contributed by atoms with van der Waals surface area (Å²) in [7, 11) is 0. The number of hydrogen-bond donors (Lipinski definition) is 2. The van der Waals surface area contributed by atoms with Gasteiger partial charge in [-0.05, 0) is 55.4 Å². The van der Waals surface area contributed by atoms with Gasteiger partial charge in [-0.25, -0.2) is 0 Å². The Balaban J connectivity index is 1.31. The van der Waals surface area contributed by atoms with Gasteiger partial charge in [0.25, 0.3) is 0 Å². The molecule has 0 unspecified atom stereocenters. The molecule has 2 aliphatic carbocycles. The number of aromatic hydroxyl groups is 1. The number of thiocarbonyl (C=S) groups is 1. The average molecular weight is 331 g/mol. The Hall–Kier alpha value is -1.49. The van der Waals surface area contributed by atoms with Gasteiger partial charge in [-0.1, -0.05) is 18.6 Å². The van der Waals surface area contributed by atoms with E-state index in [0.29, 0.717) is 11.8 Å². The standard InChI is InChI=1S/C18H25N3OS/c22-17-4-2-1-3-16(17)20-7-9-21(10-8-20)18(23)19-15-12-13-5-6-14(15)11-13/h1-4,13-15,22H,5-12H2,(H,19,23)/t13-,14+,15-/m0/s1. The second-order valence-electron chi connectivity index (χ2n) is 7.19. The molecule has 0 aromatic heterocycles. The fourth-order valence-electron chi connectivity index (χ4n) is 4.55. The van der Waals surface area contributed by atoms with Gasteiger partial charge in [0.1, 0.15) is 5.75 Å². The summed E-state index contributed by atoms with van der Waals surface area (Å²) < 4.78 is 0. The SMILES string of the molecule is Oc1ccccc1N1CCN(C(=S)N[C@H]2C[C@H]3CC[C@@H]2C3)CC1. The van der Waals surface area contributed by atoms with E-state index in [1.807, 2.05) is 18.2 Å². The molecular formula is C18H25N3OS. The van der Waals surface area contributed by atoms with Crippen LogP contribution in [0.25, 0.3) is 0 Å². The Morgan fingerprint density at radius 1 is 1.09 bits per heavy atom. The summed E-state index contributed by atoms with van der Waals surface area (Å²) in [5.74, 6) is 2.15. The average Bonchev–Trinajstić information content (AvgIpc) is 3.18. The second kappa shape index (κ2) is 6.19. The molecule has 3 atom stereocenters. The van der Waals surface area contributed by atoms with Crippen molar-refractivity contribution in [1.29, 1.82) is 0 Å². The zero-order valence-corrected chi connectivity index (χ0v) is 14.3. The minimum absolute atomic E-state index is 0.364. The van der Waals surface area contributed by atoms with Crippen molar-refractivity contribution in [3.63, 3.8) is 0 Å². The lowest BCUT2D eigenvalue weighted by Gasteiger charge is -2.38. The summed E-state index contributed by atoms with van der Waals surface area (Å²) in [5.41, 5.74) is 0.930. The third-order valence-electron chi connectivity index (χ3n) is 5.84. The topological polar surface area (TPSA) is 38.7 Å². The maximum atomic E-state index is 9.99. The van der Waals surface area contributed by atoms with E-state index < -0.39 is 0 Å². The summed E-state index contributed by atoms with van der Waals surface area (Å²) in [6.07, 6.45) is 5.52. The van der Waals surface area contributed by atoms with Gasteiger partial charge in [0.15, 0.2) is 5.11 Å². The third-order valence-corrected chi connectivity index (χ3v) is 6.21. The van der Waals surface area contributed by atoms with Crippen LogP contribution in [0.4, 0.5) is 5.69 Å². The monoisotopic (exact) mass is 331 g/mol. The highest BCUT2D eigenvalue weighted by Gasteiger charge is 2.40. The van der Waals surface area contributed by atoms with E-state index in [1.54, 1.807) is 6.07 Å². The second-order valence-corrected chi connectivity index (χ2v) is 7.58. The molecule has 0 spiro atoms. The number of nitrogens with zero attached hydrogens (tertiary/aromatic N) is 2. The molecule has 0 radical (unpaired) electrons. The quantitative estimate of drug-likeness (QED) is 0.815. The molecule has 5 heteroatoms.